The largest absolute Gasteiger partial charge is 0.289 e. The normalized spacial score (nSPS) is 10.3. The van der Waals surface area contributed by atoms with Crippen LogP contribution < -0.4 is 5.32 Å². The zero-order chi connectivity index (χ0) is 13.0. The van der Waals surface area contributed by atoms with Gasteiger partial charge in [0.05, 0.1) is 5.56 Å². The van der Waals surface area contributed by atoms with Crippen molar-refractivity contribution in [1.82, 2.24) is 20.2 Å². The summed E-state index contributed by atoms with van der Waals surface area (Å²) < 4.78 is 2.47. The van der Waals surface area contributed by atoms with Crippen LogP contribution in [0.1, 0.15) is 23.7 Å². The van der Waals surface area contributed by atoms with Crippen LogP contribution in [0.2, 0.25) is 0 Å². The standard InChI is InChI=1S/C11H12IN5O/c1-2-7-17-11(14-15-16-17)13-10(18)8-5-3-4-6-9(8)12/h3-6H,2,7H2,1H3,(H,13,14,16,18). The van der Waals surface area contributed by atoms with Gasteiger partial charge in [-0.2, -0.15) is 0 Å². The predicted octanol–water partition coefficient (Wildman–Crippen LogP) is 1.94. The summed E-state index contributed by atoms with van der Waals surface area (Å²) in [7, 11) is 0. The average molecular weight is 357 g/mol. The van der Waals surface area contributed by atoms with Crippen molar-refractivity contribution < 1.29 is 4.79 Å². The van der Waals surface area contributed by atoms with Crippen molar-refractivity contribution in [1.29, 1.82) is 0 Å². The van der Waals surface area contributed by atoms with Crippen LogP contribution in [0.5, 0.6) is 0 Å². The van der Waals surface area contributed by atoms with Gasteiger partial charge in [-0.25, -0.2) is 4.68 Å². The molecule has 0 atom stereocenters. The molecule has 0 spiro atoms. The fourth-order valence-electron chi connectivity index (χ4n) is 1.47. The van der Waals surface area contributed by atoms with Crippen molar-refractivity contribution in [3.05, 3.63) is 33.4 Å². The second-order valence-electron chi connectivity index (χ2n) is 3.66. The molecule has 6 nitrogen and oxygen atoms in total. The van der Waals surface area contributed by atoms with Crippen molar-refractivity contribution in [2.24, 2.45) is 0 Å². The molecule has 94 valence electrons. The van der Waals surface area contributed by atoms with Crippen molar-refractivity contribution in [2.75, 3.05) is 5.32 Å². The first-order valence-electron chi connectivity index (χ1n) is 5.54. The zero-order valence-corrected chi connectivity index (χ0v) is 12.0. The lowest BCUT2D eigenvalue weighted by Gasteiger charge is -2.06. The maximum Gasteiger partial charge on any atom is 0.259 e. The Morgan fingerprint density at radius 3 is 2.94 bits per heavy atom. The summed E-state index contributed by atoms with van der Waals surface area (Å²) in [5.41, 5.74) is 0.615. The Morgan fingerprint density at radius 1 is 1.44 bits per heavy atom. The fourth-order valence-corrected chi connectivity index (χ4v) is 2.10. The van der Waals surface area contributed by atoms with Gasteiger partial charge in [0.15, 0.2) is 0 Å². The Bertz CT molecular complexity index is 554. The molecule has 1 N–H and O–H groups in total. The molecular formula is C11H12IN5O. The SMILES string of the molecule is CCCn1nnnc1NC(=O)c1ccccc1I. The van der Waals surface area contributed by atoms with Gasteiger partial charge in [-0.05, 0) is 51.6 Å². The van der Waals surface area contributed by atoms with Crippen molar-refractivity contribution >= 4 is 34.4 Å². The van der Waals surface area contributed by atoms with Gasteiger partial charge in [0.1, 0.15) is 0 Å². The minimum atomic E-state index is -0.202. The molecule has 7 heteroatoms. The van der Waals surface area contributed by atoms with E-state index in [1.807, 2.05) is 25.1 Å². The zero-order valence-electron chi connectivity index (χ0n) is 9.80. The van der Waals surface area contributed by atoms with Gasteiger partial charge in [0.25, 0.3) is 5.91 Å². The third-order valence-corrected chi connectivity index (χ3v) is 3.25. The van der Waals surface area contributed by atoms with Crippen LogP contribution in [-0.2, 0) is 6.54 Å². The molecule has 2 rings (SSSR count). The van der Waals surface area contributed by atoms with Gasteiger partial charge >= 0.3 is 0 Å². The summed E-state index contributed by atoms with van der Waals surface area (Å²) in [5.74, 6) is 0.175. The number of carbonyl (C=O) groups is 1. The number of anilines is 1. The predicted molar refractivity (Wildman–Crippen MR) is 75.2 cm³/mol. The van der Waals surface area contributed by atoms with Gasteiger partial charge in [-0.15, -0.1) is 0 Å². The molecule has 0 fully saturated rings. The second-order valence-corrected chi connectivity index (χ2v) is 4.82. The molecule has 1 aromatic carbocycles. The maximum absolute atomic E-state index is 12.1. The number of tetrazole rings is 1. The highest BCUT2D eigenvalue weighted by Crippen LogP contribution is 2.13. The molecule has 0 bridgehead atoms. The topological polar surface area (TPSA) is 72.7 Å². The van der Waals surface area contributed by atoms with Crippen LogP contribution in [0.3, 0.4) is 0 Å². The van der Waals surface area contributed by atoms with Crippen LogP contribution in [0.4, 0.5) is 5.95 Å². The third kappa shape index (κ3) is 2.84. The number of amides is 1. The maximum atomic E-state index is 12.1. The smallest absolute Gasteiger partial charge is 0.259 e. The lowest BCUT2D eigenvalue weighted by Crippen LogP contribution is -2.17. The number of aryl methyl sites for hydroxylation is 1. The number of nitrogens with one attached hydrogen (secondary N) is 1. The van der Waals surface area contributed by atoms with Gasteiger partial charge in [-0.1, -0.05) is 24.2 Å². The molecule has 1 aromatic heterocycles. The van der Waals surface area contributed by atoms with Gasteiger partial charge in [0.2, 0.25) is 5.95 Å². The van der Waals surface area contributed by atoms with E-state index in [2.05, 4.69) is 43.4 Å². The first kappa shape index (κ1) is 12.9. The lowest BCUT2D eigenvalue weighted by atomic mass is 10.2. The number of benzene rings is 1. The quantitative estimate of drug-likeness (QED) is 0.849. The number of carbonyl (C=O) groups excluding carboxylic acids is 1. The molecular weight excluding hydrogens is 345 g/mol. The number of hydrogen-bond acceptors (Lipinski definition) is 4. The van der Waals surface area contributed by atoms with Crippen LogP contribution in [0, 0.1) is 3.57 Å². The summed E-state index contributed by atoms with van der Waals surface area (Å²) in [6.45, 7) is 2.70. The minimum Gasteiger partial charge on any atom is -0.289 e. The van der Waals surface area contributed by atoms with E-state index in [-0.39, 0.29) is 5.91 Å². The van der Waals surface area contributed by atoms with Crippen molar-refractivity contribution in [3.63, 3.8) is 0 Å². The van der Waals surface area contributed by atoms with E-state index in [1.165, 1.54) is 0 Å². The third-order valence-electron chi connectivity index (χ3n) is 2.31. The monoisotopic (exact) mass is 357 g/mol. The van der Waals surface area contributed by atoms with Crippen molar-refractivity contribution in [3.8, 4) is 0 Å². The van der Waals surface area contributed by atoms with E-state index in [9.17, 15) is 4.79 Å². The molecule has 18 heavy (non-hydrogen) atoms. The summed E-state index contributed by atoms with van der Waals surface area (Å²) in [6.07, 6.45) is 0.900. The number of rotatable bonds is 4. The molecule has 1 heterocycles. The summed E-state index contributed by atoms with van der Waals surface area (Å²) in [5, 5.41) is 13.9. The number of nitrogens with zero attached hydrogens (tertiary/aromatic N) is 4. The highest BCUT2D eigenvalue weighted by Gasteiger charge is 2.13. The molecule has 2 aromatic rings. The first-order chi connectivity index (χ1) is 8.72. The van der Waals surface area contributed by atoms with E-state index >= 15 is 0 Å². The highest BCUT2D eigenvalue weighted by molar-refractivity contribution is 14.1. The molecule has 0 saturated carbocycles. The average Bonchev–Trinajstić information content (AvgIpc) is 2.78. The first-order valence-corrected chi connectivity index (χ1v) is 6.62. The van der Waals surface area contributed by atoms with E-state index in [1.54, 1.807) is 10.7 Å². The fraction of sp³-hybridized carbons (Fsp3) is 0.273. The van der Waals surface area contributed by atoms with Crippen LogP contribution in [0.25, 0.3) is 0 Å². The summed E-state index contributed by atoms with van der Waals surface area (Å²) in [6, 6.07) is 7.36. The molecule has 0 aliphatic rings. The number of hydrogen-bond donors (Lipinski definition) is 1. The summed E-state index contributed by atoms with van der Waals surface area (Å²) >= 11 is 2.12. The number of aromatic nitrogens is 4. The van der Waals surface area contributed by atoms with Gasteiger partial charge in [0, 0.05) is 10.1 Å². The lowest BCUT2D eigenvalue weighted by molar-refractivity contribution is 0.102. The van der Waals surface area contributed by atoms with E-state index < -0.39 is 0 Å². The molecule has 0 aliphatic carbocycles. The van der Waals surface area contributed by atoms with E-state index in [0.717, 1.165) is 9.99 Å². The minimum absolute atomic E-state index is 0.202. The summed E-state index contributed by atoms with van der Waals surface area (Å²) in [4.78, 5) is 12.1. The second kappa shape index (κ2) is 5.89. The molecule has 0 aliphatic heterocycles. The molecule has 0 radical (unpaired) electrons. The van der Waals surface area contributed by atoms with Crippen LogP contribution in [0.15, 0.2) is 24.3 Å². The number of halogens is 1. The Labute approximate surface area is 118 Å². The molecule has 1 amide bonds. The van der Waals surface area contributed by atoms with Gasteiger partial charge < -0.3 is 0 Å². The highest BCUT2D eigenvalue weighted by atomic mass is 127. The Hall–Kier alpha value is -1.51. The molecule has 0 saturated heterocycles. The Kier molecular flexibility index (Phi) is 4.24. The van der Waals surface area contributed by atoms with Crippen LogP contribution >= 0.6 is 22.6 Å². The van der Waals surface area contributed by atoms with E-state index in [0.29, 0.717) is 18.1 Å². The van der Waals surface area contributed by atoms with Gasteiger partial charge in [-0.3, -0.25) is 10.1 Å². The Balaban J connectivity index is 2.17. The van der Waals surface area contributed by atoms with E-state index in [4.69, 9.17) is 0 Å². The Morgan fingerprint density at radius 2 is 2.22 bits per heavy atom. The van der Waals surface area contributed by atoms with Crippen LogP contribution in [-0.4, -0.2) is 26.1 Å². The molecule has 0 unspecified atom stereocenters. The van der Waals surface area contributed by atoms with Crippen molar-refractivity contribution in [2.45, 2.75) is 19.9 Å².